The summed E-state index contributed by atoms with van der Waals surface area (Å²) in [6, 6.07) is 3.21. The third-order valence-electron chi connectivity index (χ3n) is 3.54. The first-order valence-corrected chi connectivity index (χ1v) is 6.20. The molecule has 18 heavy (non-hydrogen) atoms. The topological polar surface area (TPSA) is 82.2 Å². The van der Waals surface area contributed by atoms with Gasteiger partial charge in [-0.05, 0) is 31.9 Å². The summed E-state index contributed by atoms with van der Waals surface area (Å²) in [6.07, 6.45) is 3.51. The number of carbonyl (C=O) groups is 1. The molecule has 0 atom stereocenters. The molecule has 0 radical (unpaired) electrons. The molecular weight excluding hydrogens is 232 g/mol. The maximum atomic E-state index is 12.1. The van der Waals surface area contributed by atoms with Crippen molar-refractivity contribution >= 4 is 5.91 Å². The van der Waals surface area contributed by atoms with Crippen LogP contribution in [0.5, 0.6) is 0 Å². The van der Waals surface area contributed by atoms with Gasteiger partial charge < -0.3 is 15.4 Å². The van der Waals surface area contributed by atoms with Gasteiger partial charge in [0.15, 0.2) is 0 Å². The molecule has 1 aliphatic carbocycles. The van der Waals surface area contributed by atoms with Crippen LogP contribution in [-0.2, 0) is 0 Å². The molecular formula is C13H18N2O3. The molecule has 5 nitrogen and oxygen atoms in total. The van der Waals surface area contributed by atoms with Crippen LogP contribution in [0.25, 0.3) is 0 Å². The van der Waals surface area contributed by atoms with Gasteiger partial charge >= 0.3 is 0 Å². The van der Waals surface area contributed by atoms with Gasteiger partial charge in [-0.3, -0.25) is 9.59 Å². The van der Waals surface area contributed by atoms with Crippen molar-refractivity contribution in [2.45, 2.75) is 38.1 Å². The number of carbonyl (C=O) groups excluding carboxylic acids is 1. The molecule has 0 spiro atoms. The van der Waals surface area contributed by atoms with Crippen LogP contribution in [0.2, 0.25) is 0 Å². The molecule has 1 aromatic rings. The first kappa shape index (κ1) is 12.8. The molecule has 1 aromatic heterocycles. The first-order valence-electron chi connectivity index (χ1n) is 6.20. The third kappa shape index (κ3) is 2.46. The molecule has 1 heterocycles. The van der Waals surface area contributed by atoms with Gasteiger partial charge in [0.2, 0.25) is 0 Å². The van der Waals surface area contributed by atoms with Crippen molar-refractivity contribution in [1.82, 2.24) is 10.3 Å². The Morgan fingerprint density at radius 2 is 2.11 bits per heavy atom. The number of aryl methyl sites for hydroxylation is 1. The maximum Gasteiger partial charge on any atom is 0.260 e. The van der Waals surface area contributed by atoms with E-state index in [4.69, 9.17) is 0 Å². The zero-order chi connectivity index (χ0) is 13.2. The molecule has 1 fully saturated rings. The van der Waals surface area contributed by atoms with Crippen molar-refractivity contribution in [2.75, 3.05) is 6.61 Å². The SMILES string of the molecule is Cc1ccc(C(=O)NC2(CO)CCCC2)c(=O)[nH]1. The fraction of sp³-hybridized carbons (Fsp3) is 0.538. The normalized spacial score (nSPS) is 17.7. The minimum Gasteiger partial charge on any atom is -0.394 e. The van der Waals surface area contributed by atoms with E-state index in [1.165, 1.54) is 6.07 Å². The van der Waals surface area contributed by atoms with Crippen LogP contribution < -0.4 is 10.9 Å². The highest BCUT2D eigenvalue weighted by molar-refractivity contribution is 5.94. The number of aromatic nitrogens is 1. The monoisotopic (exact) mass is 250 g/mol. The zero-order valence-electron chi connectivity index (χ0n) is 10.5. The number of hydrogen-bond donors (Lipinski definition) is 3. The van der Waals surface area contributed by atoms with Crippen molar-refractivity contribution in [3.63, 3.8) is 0 Å². The molecule has 5 heteroatoms. The van der Waals surface area contributed by atoms with E-state index in [0.29, 0.717) is 5.69 Å². The second-order valence-corrected chi connectivity index (χ2v) is 4.98. The predicted molar refractivity (Wildman–Crippen MR) is 67.6 cm³/mol. The Morgan fingerprint density at radius 3 is 2.67 bits per heavy atom. The van der Waals surface area contributed by atoms with Crippen molar-refractivity contribution in [3.05, 3.63) is 33.7 Å². The summed E-state index contributed by atoms with van der Waals surface area (Å²) in [7, 11) is 0. The zero-order valence-corrected chi connectivity index (χ0v) is 10.5. The molecule has 0 aliphatic heterocycles. The smallest absolute Gasteiger partial charge is 0.260 e. The minimum absolute atomic E-state index is 0.0808. The van der Waals surface area contributed by atoms with E-state index in [0.717, 1.165) is 25.7 Å². The Hall–Kier alpha value is -1.62. The van der Waals surface area contributed by atoms with Gasteiger partial charge in [0.05, 0.1) is 12.1 Å². The number of rotatable bonds is 3. The van der Waals surface area contributed by atoms with Gasteiger partial charge in [0.1, 0.15) is 5.56 Å². The fourth-order valence-corrected chi connectivity index (χ4v) is 2.43. The number of aliphatic hydroxyl groups excluding tert-OH is 1. The molecule has 2 rings (SSSR count). The quantitative estimate of drug-likeness (QED) is 0.739. The average molecular weight is 250 g/mol. The number of hydrogen-bond acceptors (Lipinski definition) is 3. The molecule has 98 valence electrons. The summed E-state index contributed by atoms with van der Waals surface area (Å²) in [5.74, 6) is -0.410. The lowest BCUT2D eigenvalue weighted by Crippen LogP contribution is -2.50. The van der Waals surface area contributed by atoms with Crippen LogP contribution in [0.15, 0.2) is 16.9 Å². The van der Waals surface area contributed by atoms with E-state index in [2.05, 4.69) is 10.3 Å². The van der Waals surface area contributed by atoms with Crippen molar-refractivity contribution in [1.29, 1.82) is 0 Å². The molecule has 0 unspecified atom stereocenters. The van der Waals surface area contributed by atoms with Crippen LogP contribution in [0.1, 0.15) is 41.7 Å². The predicted octanol–water partition coefficient (Wildman–Crippen LogP) is 0.718. The lowest BCUT2D eigenvalue weighted by atomic mass is 9.98. The van der Waals surface area contributed by atoms with Gasteiger partial charge in [0.25, 0.3) is 11.5 Å². The Kier molecular flexibility index (Phi) is 3.52. The Bertz CT molecular complexity index is 501. The average Bonchev–Trinajstić information content (AvgIpc) is 2.78. The highest BCUT2D eigenvalue weighted by Crippen LogP contribution is 2.29. The molecule has 0 bridgehead atoms. The summed E-state index contributed by atoms with van der Waals surface area (Å²) < 4.78 is 0. The number of H-pyrrole nitrogens is 1. The largest absolute Gasteiger partial charge is 0.394 e. The van der Waals surface area contributed by atoms with E-state index < -0.39 is 17.0 Å². The van der Waals surface area contributed by atoms with Crippen LogP contribution in [0.4, 0.5) is 0 Å². The van der Waals surface area contributed by atoms with E-state index in [9.17, 15) is 14.7 Å². The maximum absolute atomic E-state index is 12.1. The lowest BCUT2D eigenvalue weighted by molar-refractivity contribution is 0.0837. The van der Waals surface area contributed by atoms with Crippen molar-refractivity contribution in [2.24, 2.45) is 0 Å². The summed E-state index contributed by atoms with van der Waals surface area (Å²) in [5, 5.41) is 12.2. The minimum atomic E-state index is -0.547. The van der Waals surface area contributed by atoms with Crippen molar-refractivity contribution in [3.8, 4) is 0 Å². The first-order chi connectivity index (χ1) is 8.56. The number of aromatic amines is 1. The molecule has 0 saturated heterocycles. The standard InChI is InChI=1S/C13H18N2O3/c1-9-4-5-10(11(17)14-9)12(18)15-13(8-16)6-2-3-7-13/h4-5,16H,2-3,6-8H2,1H3,(H,14,17)(H,15,18). The number of nitrogens with one attached hydrogen (secondary N) is 2. The summed E-state index contributed by atoms with van der Waals surface area (Å²) in [6.45, 7) is 1.68. The number of aliphatic hydroxyl groups is 1. The van der Waals surface area contributed by atoms with E-state index in [1.54, 1.807) is 13.0 Å². The lowest BCUT2D eigenvalue weighted by Gasteiger charge is -2.27. The van der Waals surface area contributed by atoms with Gasteiger partial charge in [0, 0.05) is 5.69 Å². The summed E-state index contributed by atoms with van der Waals surface area (Å²) >= 11 is 0. The van der Waals surface area contributed by atoms with Crippen LogP contribution in [-0.4, -0.2) is 28.1 Å². The fourth-order valence-electron chi connectivity index (χ4n) is 2.43. The molecule has 1 aliphatic rings. The van der Waals surface area contributed by atoms with Gasteiger partial charge in [-0.25, -0.2) is 0 Å². The summed E-state index contributed by atoms with van der Waals surface area (Å²) in [4.78, 5) is 26.3. The Morgan fingerprint density at radius 1 is 1.44 bits per heavy atom. The van der Waals surface area contributed by atoms with Crippen LogP contribution >= 0.6 is 0 Å². The molecule has 0 aromatic carbocycles. The Labute approximate surface area is 105 Å². The molecule has 1 amide bonds. The van der Waals surface area contributed by atoms with E-state index >= 15 is 0 Å². The highest BCUT2D eigenvalue weighted by Gasteiger charge is 2.35. The number of amides is 1. The van der Waals surface area contributed by atoms with Gasteiger partial charge in [-0.2, -0.15) is 0 Å². The molecule has 3 N–H and O–H groups in total. The van der Waals surface area contributed by atoms with Gasteiger partial charge in [-0.15, -0.1) is 0 Å². The third-order valence-corrected chi connectivity index (χ3v) is 3.54. The van der Waals surface area contributed by atoms with E-state index in [1.807, 2.05) is 0 Å². The van der Waals surface area contributed by atoms with Crippen LogP contribution in [0, 0.1) is 6.92 Å². The second-order valence-electron chi connectivity index (χ2n) is 4.98. The summed E-state index contributed by atoms with van der Waals surface area (Å²) in [5.41, 5.74) is -0.123. The van der Waals surface area contributed by atoms with Crippen molar-refractivity contribution < 1.29 is 9.90 Å². The van der Waals surface area contributed by atoms with Crippen LogP contribution in [0.3, 0.4) is 0 Å². The molecule has 1 saturated carbocycles. The second kappa shape index (κ2) is 4.94. The highest BCUT2D eigenvalue weighted by atomic mass is 16.3. The Balaban J connectivity index is 2.19. The van der Waals surface area contributed by atoms with Gasteiger partial charge in [-0.1, -0.05) is 12.8 Å². The number of pyridine rings is 1. The van der Waals surface area contributed by atoms with E-state index in [-0.39, 0.29) is 12.2 Å².